The van der Waals surface area contributed by atoms with Crippen LogP contribution in [0.3, 0.4) is 0 Å². The number of carboxylic acids is 1. The lowest BCUT2D eigenvalue weighted by molar-refractivity contribution is -0.167. The molecule has 1 aliphatic heterocycles. The van der Waals surface area contributed by atoms with Crippen LogP contribution in [0.5, 0.6) is 0 Å². The highest BCUT2D eigenvalue weighted by atomic mass is 32.2. The van der Waals surface area contributed by atoms with Crippen molar-refractivity contribution in [2.75, 3.05) is 18.8 Å². The van der Waals surface area contributed by atoms with Crippen LogP contribution < -0.4 is 0 Å². The number of carbonyl (C=O) groups excluding carboxylic acids is 1. The van der Waals surface area contributed by atoms with Gasteiger partial charge in [-0.1, -0.05) is 6.42 Å². The summed E-state index contributed by atoms with van der Waals surface area (Å²) in [7, 11) is 0. The second-order valence-electron chi connectivity index (χ2n) is 5.58. The molecule has 4 nitrogen and oxygen atoms in total. The molecule has 0 unspecified atom stereocenters. The third-order valence-electron chi connectivity index (χ3n) is 3.74. The van der Waals surface area contributed by atoms with E-state index in [4.69, 9.17) is 0 Å². The molecular weight excluding hydrogens is 238 g/mol. The summed E-state index contributed by atoms with van der Waals surface area (Å²) >= 11 is 1.84. The zero-order chi connectivity index (χ0) is 12.7. The van der Waals surface area contributed by atoms with E-state index in [1.165, 1.54) is 0 Å². The monoisotopic (exact) mass is 257 g/mol. The topological polar surface area (TPSA) is 57.6 Å². The highest BCUT2D eigenvalue weighted by Gasteiger charge is 2.53. The van der Waals surface area contributed by atoms with Crippen LogP contribution >= 0.6 is 11.8 Å². The van der Waals surface area contributed by atoms with Gasteiger partial charge in [-0.3, -0.25) is 9.59 Å². The standard InChI is InChI=1S/C12H19NO3S/c1-11(2)8-13(6-7-17-11)9(14)12(10(15)16)4-3-5-12/h3-8H2,1-2H3,(H,15,16). The van der Waals surface area contributed by atoms with E-state index in [0.717, 1.165) is 12.2 Å². The summed E-state index contributed by atoms with van der Waals surface area (Å²) in [6.45, 7) is 5.55. The van der Waals surface area contributed by atoms with Crippen LogP contribution in [0.2, 0.25) is 0 Å². The van der Waals surface area contributed by atoms with Gasteiger partial charge >= 0.3 is 5.97 Å². The molecule has 1 saturated heterocycles. The number of nitrogens with zero attached hydrogens (tertiary/aromatic N) is 1. The smallest absolute Gasteiger partial charge is 0.319 e. The summed E-state index contributed by atoms with van der Waals surface area (Å²) in [6.07, 6.45) is 1.86. The minimum absolute atomic E-state index is 0.0390. The summed E-state index contributed by atoms with van der Waals surface area (Å²) in [5.41, 5.74) is -1.10. The number of hydrogen-bond donors (Lipinski definition) is 1. The minimum atomic E-state index is -1.10. The predicted octanol–water partition coefficient (Wildman–Crippen LogP) is 1.60. The molecular formula is C12H19NO3S. The van der Waals surface area contributed by atoms with Crippen molar-refractivity contribution in [1.29, 1.82) is 0 Å². The summed E-state index contributed by atoms with van der Waals surface area (Å²) in [4.78, 5) is 25.4. The Morgan fingerprint density at radius 1 is 1.29 bits per heavy atom. The fraction of sp³-hybridized carbons (Fsp3) is 0.833. The van der Waals surface area contributed by atoms with Crippen molar-refractivity contribution in [2.45, 2.75) is 37.9 Å². The fourth-order valence-electron chi connectivity index (χ4n) is 2.54. The molecule has 0 aromatic rings. The molecule has 1 saturated carbocycles. The first-order valence-electron chi connectivity index (χ1n) is 6.04. The Balaban J connectivity index is 2.12. The third kappa shape index (κ3) is 2.17. The van der Waals surface area contributed by atoms with Crippen LogP contribution in [0, 0.1) is 5.41 Å². The number of aliphatic carboxylic acids is 1. The van der Waals surface area contributed by atoms with Gasteiger partial charge in [-0.15, -0.1) is 0 Å². The summed E-state index contributed by atoms with van der Waals surface area (Å²) in [5.74, 6) is -0.205. The van der Waals surface area contributed by atoms with E-state index in [1.54, 1.807) is 4.90 Å². The zero-order valence-corrected chi connectivity index (χ0v) is 11.2. The van der Waals surface area contributed by atoms with Crippen molar-refractivity contribution in [3.63, 3.8) is 0 Å². The Morgan fingerprint density at radius 3 is 2.35 bits per heavy atom. The third-order valence-corrected chi connectivity index (χ3v) is 5.04. The number of carboxylic acid groups (broad SMARTS) is 1. The van der Waals surface area contributed by atoms with Gasteiger partial charge in [-0.25, -0.2) is 0 Å². The van der Waals surface area contributed by atoms with Crippen molar-refractivity contribution in [2.24, 2.45) is 5.41 Å². The Bertz CT molecular complexity index is 350. The Morgan fingerprint density at radius 2 is 1.94 bits per heavy atom. The largest absolute Gasteiger partial charge is 0.480 e. The Kier molecular flexibility index (Phi) is 3.14. The second-order valence-corrected chi connectivity index (χ2v) is 7.38. The molecule has 17 heavy (non-hydrogen) atoms. The maximum Gasteiger partial charge on any atom is 0.319 e. The van der Waals surface area contributed by atoms with E-state index in [2.05, 4.69) is 13.8 Å². The molecule has 0 aromatic heterocycles. The minimum Gasteiger partial charge on any atom is -0.480 e. The van der Waals surface area contributed by atoms with Gasteiger partial charge in [-0.2, -0.15) is 11.8 Å². The summed E-state index contributed by atoms with van der Waals surface area (Å²) in [6, 6.07) is 0. The quantitative estimate of drug-likeness (QED) is 0.763. The van der Waals surface area contributed by atoms with E-state index < -0.39 is 11.4 Å². The maximum absolute atomic E-state index is 12.4. The molecule has 2 aliphatic rings. The molecule has 0 bridgehead atoms. The van der Waals surface area contributed by atoms with Gasteiger partial charge in [-0.05, 0) is 26.7 Å². The molecule has 96 valence electrons. The Hall–Kier alpha value is -0.710. The number of carbonyl (C=O) groups is 2. The highest BCUT2D eigenvalue weighted by Crippen LogP contribution is 2.44. The molecule has 1 amide bonds. The lowest BCUT2D eigenvalue weighted by Crippen LogP contribution is -2.56. The SMILES string of the molecule is CC1(C)CN(C(=O)C2(C(=O)O)CCC2)CCS1. The summed E-state index contributed by atoms with van der Waals surface area (Å²) < 4.78 is 0.0390. The van der Waals surface area contributed by atoms with Gasteiger partial charge in [0.2, 0.25) is 5.91 Å². The lowest BCUT2D eigenvalue weighted by atomic mass is 9.67. The first kappa shape index (κ1) is 12.7. The van der Waals surface area contributed by atoms with E-state index >= 15 is 0 Å². The molecule has 1 aliphatic carbocycles. The van der Waals surface area contributed by atoms with Gasteiger partial charge < -0.3 is 10.0 Å². The molecule has 2 fully saturated rings. The number of rotatable bonds is 2. The van der Waals surface area contributed by atoms with E-state index in [9.17, 15) is 14.7 Å². The lowest BCUT2D eigenvalue weighted by Gasteiger charge is -2.44. The van der Waals surface area contributed by atoms with Gasteiger partial charge in [0.05, 0.1) is 0 Å². The van der Waals surface area contributed by atoms with Crippen LogP contribution in [0.1, 0.15) is 33.1 Å². The van der Waals surface area contributed by atoms with E-state index in [0.29, 0.717) is 25.9 Å². The number of hydrogen-bond acceptors (Lipinski definition) is 3. The molecule has 1 heterocycles. The van der Waals surface area contributed by atoms with Crippen molar-refractivity contribution in [1.82, 2.24) is 4.90 Å². The van der Waals surface area contributed by atoms with Crippen LogP contribution in [0.25, 0.3) is 0 Å². The molecule has 0 aromatic carbocycles. The van der Waals surface area contributed by atoms with Gasteiger partial charge in [0.1, 0.15) is 5.41 Å². The van der Waals surface area contributed by atoms with Crippen molar-refractivity contribution in [3.05, 3.63) is 0 Å². The van der Waals surface area contributed by atoms with Crippen LogP contribution in [-0.4, -0.2) is 45.5 Å². The van der Waals surface area contributed by atoms with Crippen molar-refractivity contribution < 1.29 is 14.7 Å². The zero-order valence-electron chi connectivity index (χ0n) is 10.4. The normalized spacial score (nSPS) is 26.1. The maximum atomic E-state index is 12.4. The summed E-state index contributed by atoms with van der Waals surface area (Å²) in [5, 5.41) is 9.26. The van der Waals surface area contributed by atoms with E-state index in [1.807, 2.05) is 11.8 Å². The average molecular weight is 257 g/mol. The van der Waals surface area contributed by atoms with Gasteiger partial charge in [0.15, 0.2) is 0 Å². The first-order chi connectivity index (χ1) is 7.87. The molecule has 0 radical (unpaired) electrons. The highest BCUT2D eigenvalue weighted by molar-refractivity contribution is 8.00. The molecule has 2 rings (SSSR count). The van der Waals surface area contributed by atoms with Gasteiger partial charge in [0.25, 0.3) is 0 Å². The van der Waals surface area contributed by atoms with Crippen molar-refractivity contribution in [3.8, 4) is 0 Å². The van der Waals surface area contributed by atoms with Crippen LogP contribution in [0.4, 0.5) is 0 Å². The molecule has 0 spiro atoms. The fourth-order valence-corrected chi connectivity index (χ4v) is 3.65. The van der Waals surface area contributed by atoms with Crippen molar-refractivity contribution >= 4 is 23.6 Å². The molecule has 1 N–H and O–H groups in total. The van der Waals surface area contributed by atoms with Crippen LogP contribution in [0.15, 0.2) is 0 Å². The molecule has 5 heteroatoms. The Labute approximate surface area is 106 Å². The second kappa shape index (κ2) is 4.19. The van der Waals surface area contributed by atoms with Gasteiger partial charge in [0, 0.05) is 23.6 Å². The van der Waals surface area contributed by atoms with E-state index in [-0.39, 0.29) is 10.7 Å². The number of amides is 1. The predicted molar refractivity (Wildman–Crippen MR) is 67.0 cm³/mol. The molecule has 0 atom stereocenters. The average Bonchev–Trinajstić information content (AvgIpc) is 2.13. The number of thioether (sulfide) groups is 1. The first-order valence-corrected chi connectivity index (χ1v) is 7.03. The van der Waals surface area contributed by atoms with Crippen LogP contribution in [-0.2, 0) is 9.59 Å².